The first-order chi connectivity index (χ1) is 12.5. The maximum atomic E-state index is 11.9. The number of carboxylic acid groups (broad SMARTS) is 2. The number of carbonyl (C=O) groups is 2. The Kier molecular flexibility index (Phi) is 13.1. The quantitative estimate of drug-likeness (QED) is 0.495. The first-order valence-corrected chi connectivity index (χ1v) is 7.92. The zero-order chi connectivity index (χ0) is 18.9. The number of nitrogen functional groups attached to an aromatic ring is 1. The zero-order valence-corrected chi connectivity index (χ0v) is 20.0. The van der Waals surface area contributed by atoms with Crippen LogP contribution < -0.4 is 79.8 Å². The maximum Gasteiger partial charge on any atom is 1.00 e. The molecule has 28 heavy (non-hydrogen) atoms. The topological polar surface area (TPSA) is 145 Å². The Labute approximate surface area is 206 Å². The number of nitrogens with two attached hydrogens (primary N) is 1. The Bertz CT molecular complexity index is 734. The normalized spacial score (nSPS) is 11.9. The molecule has 1 aliphatic rings. The summed E-state index contributed by atoms with van der Waals surface area (Å²) in [5.74, 6) is 0.977. The third kappa shape index (κ3) is 9.22. The number of likely N-dealkylation sites (tertiary alicyclic amines) is 1. The predicted molar refractivity (Wildman–Crippen MR) is 88.6 cm³/mol. The molecule has 9 nitrogen and oxygen atoms in total. The van der Waals surface area contributed by atoms with E-state index in [0.717, 1.165) is 37.1 Å². The minimum absolute atomic E-state index is 0. The van der Waals surface area contributed by atoms with E-state index in [0.29, 0.717) is 5.75 Å². The largest absolute Gasteiger partial charge is 1.00 e. The minimum atomic E-state index is -2.33. The first-order valence-electron chi connectivity index (χ1n) is 7.92. The molecule has 3 rings (SSSR count). The number of amides is 1. The molecule has 0 radical (unpaired) electrons. The molecule has 1 amide bonds. The summed E-state index contributed by atoms with van der Waals surface area (Å²) in [7, 11) is 0. The van der Waals surface area contributed by atoms with Crippen LogP contribution in [0, 0.1) is 0 Å². The number of aromatic nitrogens is 2. The average molecular weight is 404 g/mol. The van der Waals surface area contributed by atoms with Crippen molar-refractivity contribution in [2.24, 2.45) is 0 Å². The van der Waals surface area contributed by atoms with Gasteiger partial charge in [-0.15, -0.1) is 0 Å². The summed E-state index contributed by atoms with van der Waals surface area (Å²) in [4.78, 5) is 30.0. The molecule has 0 atom stereocenters. The molecule has 11 heteroatoms. The van der Waals surface area contributed by atoms with Crippen LogP contribution in [0.5, 0.6) is 5.75 Å². The molecule has 0 aliphatic carbocycles. The van der Waals surface area contributed by atoms with E-state index in [4.69, 9.17) is 25.5 Å². The van der Waals surface area contributed by atoms with Gasteiger partial charge in [0.1, 0.15) is 5.75 Å². The van der Waals surface area contributed by atoms with Gasteiger partial charge in [-0.1, -0.05) is 12.1 Å². The van der Waals surface area contributed by atoms with Gasteiger partial charge in [0.2, 0.25) is 5.95 Å². The Morgan fingerprint density at radius 1 is 1.00 bits per heavy atom. The summed E-state index contributed by atoms with van der Waals surface area (Å²) in [6, 6.07) is 7.49. The number of nitrogens with zero attached hydrogens (tertiary/aromatic N) is 3. The van der Waals surface area contributed by atoms with Crippen LogP contribution >= 0.6 is 0 Å². The van der Waals surface area contributed by atoms with E-state index in [1.54, 1.807) is 12.4 Å². The van der Waals surface area contributed by atoms with Gasteiger partial charge in [-0.2, -0.15) is 0 Å². The molecule has 0 spiro atoms. The van der Waals surface area contributed by atoms with Crippen LogP contribution in [0.15, 0.2) is 36.7 Å². The van der Waals surface area contributed by atoms with E-state index in [2.05, 4.69) is 9.97 Å². The molecule has 0 unspecified atom stereocenters. The fourth-order valence-corrected chi connectivity index (χ4v) is 2.43. The van der Waals surface area contributed by atoms with Crippen LogP contribution in [-0.4, -0.2) is 46.6 Å². The van der Waals surface area contributed by atoms with Crippen molar-refractivity contribution in [2.75, 3.05) is 25.4 Å². The molecule has 0 saturated carbocycles. The van der Waals surface area contributed by atoms with Gasteiger partial charge in [-0.05, 0) is 36.7 Å². The Hall–Kier alpha value is -1.36. The molecular weight excluding hydrogens is 386 g/mol. The molecule has 2 N–H and O–H groups in total. The van der Waals surface area contributed by atoms with Gasteiger partial charge in [-0.3, -0.25) is 4.79 Å². The third-order valence-corrected chi connectivity index (χ3v) is 3.68. The van der Waals surface area contributed by atoms with Crippen LogP contribution in [0.3, 0.4) is 0 Å². The van der Waals surface area contributed by atoms with Crippen molar-refractivity contribution >= 4 is 18.0 Å². The Morgan fingerprint density at radius 3 is 2.00 bits per heavy atom. The molecule has 2 heterocycles. The Morgan fingerprint density at radius 2 is 1.50 bits per heavy atom. The van der Waals surface area contributed by atoms with E-state index in [9.17, 15) is 4.79 Å². The summed E-state index contributed by atoms with van der Waals surface area (Å²) in [6.07, 6.45) is 3.19. The van der Waals surface area contributed by atoms with E-state index >= 15 is 0 Å². The van der Waals surface area contributed by atoms with Crippen molar-refractivity contribution in [2.45, 2.75) is 12.8 Å². The number of ether oxygens (including phenoxy) is 1. The molecule has 1 aromatic carbocycles. The van der Waals surface area contributed by atoms with Crippen LogP contribution in [0.2, 0.25) is 0 Å². The van der Waals surface area contributed by atoms with Gasteiger partial charge in [0.15, 0.2) is 6.61 Å². The molecule has 1 aliphatic heterocycles. The second-order valence-corrected chi connectivity index (χ2v) is 5.48. The summed E-state index contributed by atoms with van der Waals surface area (Å²) < 4.78 is 5.55. The van der Waals surface area contributed by atoms with Crippen molar-refractivity contribution in [1.29, 1.82) is 0 Å². The van der Waals surface area contributed by atoms with Crippen molar-refractivity contribution in [1.82, 2.24) is 14.9 Å². The summed E-state index contributed by atoms with van der Waals surface area (Å²) in [5, 5.41) is 16.7. The van der Waals surface area contributed by atoms with E-state index < -0.39 is 6.16 Å². The summed E-state index contributed by atoms with van der Waals surface area (Å²) in [5.41, 5.74) is 7.32. The van der Waals surface area contributed by atoms with Crippen molar-refractivity contribution < 1.29 is 83.7 Å². The standard InChI is InChI=1S/C16H18N4O2.CH2O3.2Na/c17-16-18-9-13(10-19-16)12-3-5-14(6-4-12)22-11-15(21)20-7-1-2-8-20;2-1(3)4;;/h3-6,9-10H,1-2,7-8,11H2,(H2,17,18,19);(H2,2,3,4);;/q;;2*+1/p-2. The number of hydrogen-bond acceptors (Lipinski definition) is 8. The van der Waals surface area contributed by atoms with Crippen LogP contribution in [0.25, 0.3) is 11.1 Å². The van der Waals surface area contributed by atoms with Gasteiger partial charge in [0, 0.05) is 31.0 Å². The van der Waals surface area contributed by atoms with E-state index in [-0.39, 0.29) is 77.6 Å². The fourth-order valence-electron chi connectivity index (χ4n) is 2.43. The Balaban J connectivity index is 0.00000111. The van der Waals surface area contributed by atoms with E-state index in [1.807, 2.05) is 29.2 Å². The van der Waals surface area contributed by atoms with Gasteiger partial charge in [0.05, 0.1) is 0 Å². The molecule has 138 valence electrons. The SMILES string of the molecule is Nc1ncc(-c2ccc(OCC(=O)N3CCCC3)cc2)cn1.O=C([O-])[O-].[Na+].[Na+]. The van der Waals surface area contributed by atoms with Crippen molar-refractivity contribution in [3.8, 4) is 16.9 Å². The number of hydrogen-bond donors (Lipinski definition) is 1. The third-order valence-electron chi connectivity index (χ3n) is 3.68. The van der Waals surface area contributed by atoms with Gasteiger partial charge in [-0.25, -0.2) is 9.97 Å². The molecule has 2 aromatic rings. The molecule has 1 aromatic heterocycles. The summed E-state index contributed by atoms with van der Waals surface area (Å²) >= 11 is 0. The smallest absolute Gasteiger partial charge is 0.652 e. The van der Waals surface area contributed by atoms with Crippen molar-refractivity contribution in [3.63, 3.8) is 0 Å². The molecule has 1 fully saturated rings. The zero-order valence-electron chi connectivity index (χ0n) is 16.0. The number of rotatable bonds is 4. The number of carbonyl (C=O) groups excluding carboxylic acids is 2. The van der Waals surface area contributed by atoms with E-state index in [1.165, 1.54) is 0 Å². The monoisotopic (exact) mass is 404 g/mol. The molecular formula is C17H18N4Na2O5. The fraction of sp³-hybridized carbons (Fsp3) is 0.294. The number of benzene rings is 1. The van der Waals surface area contributed by atoms with Crippen LogP contribution in [0.1, 0.15) is 12.8 Å². The van der Waals surface area contributed by atoms with Gasteiger partial charge >= 0.3 is 59.1 Å². The molecule has 0 bridgehead atoms. The second kappa shape index (κ2) is 13.8. The number of anilines is 1. The van der Waals surface area contributed by atoms with Crippen molar-refractivity contribution in [3.05, 3.63) is 36.7 Å². The van der Waals surface area contributed by atoms with Gasteiger partial charge in [0.25, 0.3) is 5.91 Å². The average Bonchev–Trinajstić information content (AvgIpc) is 3.15. The second-order valence-electron chi connectivity index (χ2n) is 5.48. The minimum Gasteiger partial charge on any atom is -0.652 e. The molecule has 1 saturated heterocycles. The van der Waals surface area contributed by atoms with Crippen LogP contribution in [0.4, 0.5) is 10.7 Å². The maximum absolute atomic E-state index is 11.9. The van der Waals surface area contributed by atoms with Crippen LogP contribution in [-0.2, 0) is 4.79 Å². The first kappa shape index (κ1) is 26.6. The predicted octanol–water partition coefficient (Wildman–Crippen LogP) is -6.71. The van der Waals surface area contributed by atoms with Gasteiger partial charge < -0.3 is 30.4 Å². The summed E-state index contributed by atoms with van der Waals surface area (Å²) in [6.45, 7) is 1.78.